The molecule has 0 radical (unpaired) electrons. The summed E-state index contributed by atoms with van der Waals surface area (Å²) < 4.78 is 0. The summed E-state index contributed by atoms with van der Waals surface area (Å²) in [5.41, 5.74) is 0. The SMILES string of the molecule is CCCCCCCCCCC(O)C(O)CO. The third-order valence-corrected chi connectivity index (χ3v) is 2.98. The van der Waals surface area contributed by atoms with Crippen molar-refractivity contribution in [1.29, 1.82) is 0 Å². The Bertz CT molecular complexity index is 139. The number of aliphatic hydroxyl groups is 3. The van der Waals surface area contributed by atoms with Crippen molar-refractivity contribution in [2.45, 2.75) is 76.9 Å². The number of rotatable bonds is 11. The molecule has 0 aliphatic heterocycles. The van der Waals surface area contributed by atoms with Crippen LogP contribution in [0.1, 0.15) is 64.7 Å². The van der Waals surface area contributed by atoms with Crippen LogP contribution in [-0.2, 0) is 0 Å². The third-order valence-electron chi connectivity index (χ3n) is 2.98. The molecule has 0 aromatic heterocycles. The fraction of sp³-hybridized carbons (Fsp3) is 1.00. The Morgan fingerprint density at radius 2 is 1.25 bits per heavy atom. The Kier molecular flexibility index (Phi) is 11.3. The lowest BCUT2D eigenvalue weighted by molar-refractivity contribution is -0.0185. The summed E-state index contributed by atoms with van der Waals surface area (Å²) in [5.74, 6) is 0. The second-order valence-electron chi connectivity index (χ2n) is 4.58. The molecule has 3 nitrogen and oxygen atoms in total. The quantitative estimate of drug-likeness (QED) is 0.479. The van der Waals surface area contributed by atoms with Crippen molar-refractivity contribution in [3.8, 4) is 0 Å². The Labute approximate surface area is 99.5 Å². The van der Waals surface area contributed by atoms with Crippen LogP contribution in [0.15, 0.2) is 0 Å². The van der Waals surface area contributed by atoms with Gasteiger partial charge in [0.2, 0.25) is 0 Å². The molecule has 0 aliphatic carbocycles. The molecule has 0 amide bonds. The van der Waals surface area contributed by atoms with Gasteiger partial charge >= 0.3 is 0 Å². The van der Waals surface area contributed by atoms with E-state index in [0.29, 0.717) is 6.42 Å². The Balaban J connectivity index is 3.14. The van der Waals surface area contributed by atoms with Gasteiger partial charge < -0.3 is 15.3 Å². The third kappa shape index (κ3) is 9.13. The van der Waals surface area contributed by atoms with Crippen LogP contribution in [0.25, 0.3) is 0 Å². The van der Waals surface area contributed by atoms with Crippen molar-refractivity contribution < 1.29 is 15.3 Å². The van der Waals surface area contributed by atoms with Crippen molar-refractivity contribution in [1.82, 2.24) is 0 Å². The number of unbranched alkanes of at least 4 members (excludes halogenated alkanes) is 7. The van der Waals surface area contributed by atoms with Gasteiger partial charge in [-0.25, -0.2) is 0 Å². The average molecular weight is 232 g/mol. The molecule has 0 aromatic carbocycles. The lowest BCUT2D eigenvalue weighted by Crippen LogP contribution is -2.28. The van der Waals surface area contributed by atoms with E-state index in [2.05, 4.69) is 6.92 Å². The molecule has 0 aliphatic rings. The highest BCUT2D eigenvalue weighted by atomic mass is 16.4. The number of hydrogen-bond acceptors (Lipinski definition) is 3. The monoisotopic (exact) mass is 232 g/mol. The summed E-state index contributed by atoms with van der Waals surface area (Å²) in [5, 5.41) is 27.1. The molecule has 0 aromatic rings. The highest BCUT2D eigenvalue weighted by Gasteiger charge is 2.13. The molecule has 0 saturated carbocycles. The molecule has 0 rings (SSSR count). The summed E-state index contributed by atoms with van der Waals surface area (Å²) in [7, 11) is 0. The van der Waals surface area contributed by atoms with Crippen LogP contribution in [0.2, 0.25) is 0 Å². The minimum Gasteiger partial charge on any atom is -0.394 e. The van der Waals surface area contributed by atoms with Crippen molar-refractivity contribution >= 4 is 0 Å². The van der Waals surface area contributed by atoms with Crippen molar-refractivity contribution in [2.75, 3.05) is 6.61 Å². The van der Waals surface area contributed by atoms with E-state index in [1.165, 1.54) is 38.5 Å². The van der Waals surface area contributed by atoms with Crippen LogP contribution in [0.3, 0.4) is 0 Å². The summed E-state index contributed by atoms with van der Waals surface area (Å²) in [6, 6.07) is 0. The minimum atomic E-state index is -0.968. The van der Waals surface area contributed by atoms with E-state index in [-0.39, 0.29) is 6.61 Å². The molecule has 2 unspecified atom stereocenters. The topological polar surface area (TPSA) is 60.7 Å². The van der Waals surface area contributed by atoms with Gasteiger partial charge in [-0.2, -0.15) is 0 Å². The smallest absolute Gasteiger partial charge is 0.103 e. The molecule has 98 valence electrons. The van der Waals surface area contributed by atoms with E-state index in [9.17, 15) is 5.11 Å². The molecule has 0 saturated heterocycles. The van der Waals surface area contributed by atoms with Crippen LogP contribution in [0, 0.1) is 0 Å². The maximum Gasteiger partial charge on any atom is 0.103 e. The van der Waals surface area contributed by atoms with E-state index in [4.69, 9.17) is 10.2 Å². The Morgan fingerprint density at radius 3 is 1.75 bits per heavy atom. The lowest BCUT2D eigenvalue weighted by Gasteiger charge is -2.14. The molecular formula is C13H28O3. The summed E-state index contributed by atoms with van der Waals surface area (Å²) in [4.78, 5) is 0. The second kappa shape index (κ2) is 11.4. The van der Waals surface area contributed by atoms with Gasteiger partial charge in [0.15, 0.2) is 0 Å². The van der Waals surface area contributed by atoms with Crippen LogP contribution in [0.4, 0.5) is 0 Å². The molecule has 0 bridgehead atoms. The van der Waals surface area contributed by atoms with Crippen LogP contribution in [0.5, 0.6) is 0 Å². The van der Waals surface area contributed by atoms with Crippen LogP contribution >= 0.6 is 0 Å². The van der Waals surface area contributed by atoms with E-state index >= 15 is 0 Å². The Morgan fingerprint density at radius 1 is 0.750 bits per heavy atom. The minimum absolute atomic E-state index is 0.349. The molecule has 3 heteroatoms. The average Bonchev–Trinajstić information content (AvgIpc) is 2.31. The predicted octanol–water partition coefficient (Wildman–Crippen LogP) is 2.23. The summed E-state index contributed by atoms with van der Waals surface area (Å²) in [6.45, 7) is 1.87. The largest absolute Gasteiger partial charge is 0.394 e. The van der Waals surface area contributed by atoms with Gasteiger partial charge in [0.25, 0.3) is 0 Å². The summed E-state index contributed by atoms with van der Waals surface area (Å²) in [6.07, 6.45) is 8.67. The Hall–Kier alpha value is -0.120. The first-order valence-electron chi connectivity index (χ1n) is 6.69. The first-order chi connectivity index (χ1) is 7.72. The number of aliphatic hydroxyl groups excluding tert-OH is 3. The molecule has 0 heterocycles. The maximum absolute atomic E-state index is 9.38. The van der Waals surface area contributed by atoms with Crippen molar-refractivity contribution in [2.24, 2.45) is 0 Å². The first-order valence-corrected chi connectivity index (χ1v) is 6.69. The fourth-order valence-corrected chi connectivity index (χ4v) is 1.80. The molecule has 2 atom stereocenters. The van der Waals surface area contributed by atoms with E-state index < -0.39 is 12.2 Å². The molecule has 0 fully saturated rings. The van der Waals surface area contributed by atoms with E-state index in [0.717, 1.165) is 12.8 Å². The zero-order chi connectivity index (χ0) is 12.2. The van der Waals surface area contributed by atoms with Crippen LogP contribution < -0.4 is 0 Å². The van der Waals surface area contributed by atoms with Gasteiger partial charge in [-0.15, -0.1) is 0 Å². The van der Waals surface area contributed by atoms with Gasteiger partial charge in [0, 0.05) is 0 Å². The molecule has 16 heavy (non-hydrogen) atoms. The highest BCUT2D eigenvalue weighted by molar-refractivity contribution is 4.65. The van der Waals surface area contributed by atoms with Gasteiger partial charge in [-0.05, 0) is 6.42 Å². The maximum atomic E-state index is 9.38. The normalized spacial score (nSPS) is 15.0. The van der Waals surface area contributed by atoms with Crippen molar-refractivity contribution in [3.63, 3.8) is 0 Å². The first kappa shape index (κ1) is 15.9. The molecule has 0 spiro atoms. The van der Waals surface area contributed by atoms with Gasteiger partial charge in [-0.3, -0.25) is 0 Å². The predicted molar refractivity (Wildman–Crippen MR) is 66.3 cm³/mol. The van der Waals surface area contributed by atoms with Crippen molar-refractivity contribution in [3.05, 3.63) is 0 Å². The fourth-order valence-electron chi connectivity index (χ4n) is 1.80. The van der Waals surface area contributed by atoms with Gasteiger partial charge in [0.05, 0.1) is 12.7 Å². The van der Waals surface area contributed by atoms with E-state index in [1.807, 2.05) is 0 Å². The zero-order valence-electron chi connectivity index (χ0n) is 10.6. The van der Waals surface area contributed by atoms with Crippen LogP contribution in [-0.4, -0.2) is 34.1 Å². The zero-order valence-corrected chi connectivity index (χ0v) is 10.6. The highest BCUT2D eigenvalue weighted by Crippen LogP contribution is 2.11. The molecular weight excluding hydrogens is 204 g/mol. The number of hydrogen-bond donors (Lipinski definition) is 3. The molecule has 3 N–H and O–H groups in total. The van der Waals surface area contributed by atoms with E-state index in [1.54, 1.807) is 0 Å². The standard InChI is InChI=1S/C13H28O3/c1-2-3-4-5-6-7-8-9-10-12(15)13(16)11-14/h12-16H,2-11H2,1H3. The van der Waals surface area contributed by atoms with Gasteiger partial charge in [-0.1, -0.05) is 58.3 Å². The summed E-state index contributed by atoms with van der Waals surface area (Å²) >= 11 is 0. The second-order valence-corrected chi connectivity index (χ2v) is 4.58. The lowest BCUT2D eigenvalue weighted by atomic mass is 10.0. The van der Waals surface area contributed by atoms with Gasteiger partial charge in [0.1, 0.15) is 6.10 Å².